The zero-order chi connectivity index (χ0) is 14.5. The van der Waals surface area contributed by atoms with Gasteiger partial charge >= 0.3 is 0 Å². The van der Waals surface area contributed by atoms with Crippen LogP contribution in [-0.2, 0) is 4.74 Å². The van der Waals surface area contributed by atoms with Gasteiger partial charge in [0.1, 0.15) is 0 Å². The van der Waals surface area contributed by atoms with Crippen LogP contribution >= 0.6 is 11.6 Å². The average molecular weight is 297 g/mol. The lowest BCUT2D eigenvalue weighted by molar-refractivity contribution is 0.0572. The SMILES string of the molecule is CNc1ccc(Cl)cc1C(=O)N1CCCC(COC)C1. The van der Waals surface area contributed by atoms with Gasteiger partial charge in [-0.25, -0.2) is 0 Å². The molecule has 110 valence electrons. The van der Waals surface area contributed by atoms with Crippen LogP contribution in [0.25, 0.3) is 0 Å². The standard InChI is InChI=1S/C15H21ClN2O2/c1-17-14-6-5-12(16)8-13(14)15(19)18-7-3-4-11(9-18)10-20-2/h5-6,8,11,17H,3-4,7,9-10H2,1-2H3. The molecule has 0 spiro atoms. The van der Waals surface area contributed by atoms with E-state index in [0.29, 0.717) is 23.1 Å². The van der Waals surface area contributed by atoms with Crippen molar-refractivity contribution >= 4 is 23.2 Å². The van der Waals surface area contributed by atoms with E-state index in [9.17, 15) is 4.79 Å². The molecule has 0 bridgehead atoms. The number of ether oxygens (including phenoxy) is 1. The monoisotopic (exact) mass is 296 g/mol. The van der Waals surface area contributed by atoms with E-state index < -0.39 is 0 Å². The molecule has 1 aromatic carbocycles. The molecule has 1 unspecified atom stereocenters. The third kappa shape index (κ3) is 3.44. The Bertz CT molecular complexity index is 477. The lowest BCUT2D eigenvalue weighted by Gasteiger charge is -2.33. The van der Waals surface area contributed by atoms with Gasteiger partial charge in [-0.3, -0.25) is 4.79 Å². The second-order valence-corrected chi connectivity index (χ2v) is 5.59. The Hall–Kier alpha value is -1.26. The highest BCUT2D eigenvalue weighted by atomic mass is 35.5. The Kier molecular flexibility index (Phi) is 5.26. The average Bonchev–Trinajstić information content (AvgIpc) is 2.47. The molecule has 20 heavy (non-hydrogen) atoms. The minimum absolute atomic E-state index is 0.0395. The number of carbonyl (C=O) groups excluding carboxylic acids is 1. The molecule has 1 N–H and O–H groups in total. The number of hydrogen-bond acceptors (Lipinski definition) is 3. The fraction of sp³-hybridized carbons (Fsp3) is 0.533. The van der Waals surface area contributed by atoms with Gasteiger partial charge in [-0.15, -0.1) is 0 Å². The van der Waals surface area contributed by atoms with Crippen LogP contribution in [0.15, 0.2) is 18.2 Å². The summed E-state index contributed by atoms with van der Waals surface area (Å²) in [5.41, 5.74) is 1.45. The first-order chi connectivity index (χ1) is 9.65. The van der Waals surface area contributed by atoms with Crippen LogP contribution in [-0.4, -0.2) is 44.7 Å². The van der Waals surface area contributed by atoms with Crippen LogP contribution in [0.3, 0.4) is 0 Å². The van der Waals surface area contributed by atoms with Crippen LogP contribution < -0.4 is 5.32 Å². The molecule has 1 atom stereocenters. The Balaban J connectivity index is 2.16. The van der Waals surface area contributed by atoms with Gasteiger partial charge in [-0.2, -0.15) is 0 Å². The van der Waals surface area contributed by atoms with Crippen LogP contribution in [0, 0.1) is 5.92 Å². The number of benzene rings is 1. The number of anilines is 1. The number of likely N-dealkylation sites (tertiary alicyclic amines) is 1. The van der Waals surface area contributed by atoms with Crippen LogP contribution in [0.2, 0.25) is 5.02 Å². The van der Waals surface area contributed by atoms with Crippen LogP contribution in [0.1, 0.15) is 23.2 Å². The van der Waals surface area contributed by atoms with Crippen molar-refractivity contribution in [2.75, 3.05) is 39.2 Å². The van der Waals surface area contributed by atoms with Crippen molar-refractivity contribution in [3.63, 3.8) is 0 Å². The molecule has 5 heteroatoms. The smallest absolute Gasteiger partial charge is 0.256 e. The van der Waals surface area contributed by atoms with E-state index in [1.165, 1.54) is 0 Å². The summed E-state index contributed by atoms with van der Waals surface area (Å²) in [6, 6.07) is 5.36. The van der Waals surface area contributed by atoms with E-state index in [1.807, 2.05) is 18.0 Å². The molecule has 1 heterocycles. The summed E-state index contributed by atoms with van der Waals surface area (Å²) in [5.74, 6) is 0.465. The topological polar surface area (TPSA) is 41.6 Å². The molecule has 0 aromatic heterocycles. The summed E-state index contributed by atoms with van der Waals surface area (Å²) in [6.45, 7) is 2.26. The zero-order valence-corrected chi connectivity index (χ0v) is 12.7. The lowest BCUT2D eigenvalue weighted by atomic mass is 9.98. The molecule has 1 aromatic rings. The number of halogens is 1. The largest absolute Gasteiger partial charge is 0.387 e. The van der Waals surface area contributed by atoms with E-state index in [2.05, 4.69) is 5.32 Å². The number of carbonyl (C=O) groups is 1. The minimum Gasteiger partial charge on any atom is -0.387 e. The van der Waals surface area contributed by atoms with Crippen molar-refractivity contribution < 1.29 is 9.53 Å². The highest BCUT2D eigenvalue weighted by Crippen LogP contribution is 2.24. The maximum Gasteiger partial charge on any atom is 0.256 e. The van der Waals surface area contributed by atoms with E-state index >= 15 is 0 Å². The first kappa shape index (κ1) is 15.1. The zero-order valence-electron chi connectivity index (χ0n) is 12.0. The molecule has 1 aliphatic rings. The number of hydrogen-bond donors (Lipinski definition) is 1. The van der Waals surface area contributed by atoms with Gasteiger partial charge in [0, 0.05) is 38.0 Å². The third-order valence-corrected chi connectivity index (χ3v) is 3.93. The Labute approximate surface area is 125 Å². The molecule has 2 rings (SSSR count). The highest BCUT2D eigenvalue weighted by molar-refractivity contribution is 6.31. The summed E-state index contributed by atoms with van der Waals surface area (Å²) in [7, 11) is 3.51. The number of methoxy groups -OCH3 is 1. The molecular weight excluding hydrogens is 276 g/mol. The number of amides is 1. The molecule has 1 amide bonds. The fourth-order valence-corrected chi connectivity index (χ4v) is 2.88. The Morgan fingerprint density at radius 2 is 2.35 bits per heavy atom. The van der Waals surface area contributed by atoms with Crippen molar-refractivity contribution in [1.29, 1.82) is 0 Å². The van der Waals surface area contributed by atoms with Crippen molar-refractivity contribution in [2.24, 2.45) is 5.92 Å². The second kappa shape index (κ2) is 6.95. The quantitative estimate of drug-likeness (QED) is 0.929. The second-order valence-electron chi connectivity index (χ2n) is 5.15. The van der Waals surface area contributed by atoms with Crippen molar-refractivity contribution in [2.45, 2.75) is 12.8 Å². The minimum atomic E-state index is 0.0395. The maximum atomic E-state index is 12.7. The van der Waals surface area contributed by atoms with Crippen LogP contribution in [0.5, 0.6) is 0 Å². The van der Waals surface area contributed by atoms with Gasteiger partial charge in [0.15, 0.2) is 0 Å². The molecule has 1 saturated heterocycles. The van der Waals surface area contributed by atoms with Gasteiger partial charge in [-0.1, -0.05) is 11.6 Å². The van der Waals surface area contributed by atoms with E-state index in [1.54, 1.807) is 19.2 Å². The number of rotatable bonds is 4. The maximum absolute atomic E-state index is 12.7. The van der Waals surface area contributed by atoms with Gasteiger partial charge in [0.2, 0.25) is 0 Å². The third-order valence-electron chi connectivity index (χ3n) is 3.69. The first-order valence-electron chi connectivity index (χ1n) is 6.91. The van der Waals surface area contributed by atoms with Gasteiger partial charge in [-0.05, 0) is 37.0 Å². The predicted molar refractivity (Wildman–Crippen MR) is 81.5 cm³/mol. The lowest BCUT2D eigenvalue weighted by Crippen LogP contribution is -2.41. The van der Waals surface area contributed by atoms with E-state index in [-0.39, 0.29) is 5.91 Å². The summed E-state index contributed by atoms with van der Waals surface area (Å²) in [5, 5.41) is 3.63. The molecule has 4 nitrogen and oxygen atoms in total. The number of nitrogens with zero attached hydrogens (tertiary/aromatic N) is 1. The molecule has 0 aliphatic carbocycles. The summed E-state index contributed by atoms with van der Waals surface area (Å²) in [6.07, 6.45) is 2.14. The fourth-order valence-electron chi connectivity index (χ4n) is 2.70. The normalized spacial score (nSPS) is 18.9. The summed E-state index contributed by atoms with van der Waals surface area (Å²) < 4.78 is 5.21. The molecule has 1 aliphatic heterocycles. The predicted octanol–water partition coefficient (Wildman–Crippen LogP) is 2.88. The molecule has 0 saturated carbocycles. The van der Waals surface area contributed by atoms with E-state index in [0.717, 1.165) is 31.6 Å². The molecule has 0 radical (unpaired) electrons. The molecule has 1 fully saturated rings. The highest BCUT2D eigenvalue weighted by Gasteiger charge is 2.25. The Morgan fingerprint density at radius 3 is 3.05 bits per heavy atom. The number of piperidine rings is 1. The van der Waals surface area contributed by atoms with Crippen molar-refractivity contribution in [3.05, 3.63) is 28.8 Å². The van der Waals surface area contributed by atoms with E-state index in [4.69, 9.17) is 16.3 Å². The summed E-state index contributed by atoms with van der Waals surface area (Å²) >= 11 is 6.02. The van der Waals surface area contributed by atoms with Crippen molar-refractivity contribution in [3.8, 4) is 0 Å². The van der Waals surface area contributed by atoms with Gasteiger partial charge < -0.3 is 15.0 Å². The summed E-state index contributed by atoms with van der Waals surface area (Å²) in [4.78, 5) is 14.6. The molecular formula is C15H21ClN2O2. The van der Waals surface area contributed by atoms with Crippen LogP contribution in [0.4, 0.5) is 5.69 Å². The Morgan fingerprint density at radius 1 is 1.55 bits per heavy atom. The first-order valence-corrected chi connectivity index (χ1v) is 7.29. The van der Waals surface area contributed by atoms with Crippen molar-refractivity contribution in [1.82, 2.24) is 4.90 Å². The van der Waals surface area contributed by atoms with Gasteiger partial charge in [0.05, 0.1) is 12.2 Å². The number of nitrogens with one attached hydrogen (secondary N) is 1. The van der Waals surface area contributed by atoms with Gasteiger partial charge in [0.25, 0.3) is 5.91 Å².